The van der Waals surface area contributed by atoms with Crippen molar-refractivity contribution in [2.24, 2.45) is 0 Å². The summed E-state index contributed by atoms with van der Waals surface area (Å²) < 4.78 is 8.99. The van der Waals surface area contributed by atoms with Gasteiger partial charge in [0.1, 0.15) is 5.78 Å². The summed E-state index contributed by atoms with van der Waals surface area (Å²) in [7, 11) is 1.68. The molecule has 1 rings (SSSR count). The predicted molar refractivity (Wildman–Crippen MR) is 59.3 cm³/mol. The largest absolute Gasteiger partial charge is 0.385 e. The van der Waals surface area contributed by atoms with Crippen LogP contribution in [0.15, 0.2) is 0 Å². The van der Waals surface area contributed by atoms with Crippen LogP contribution in [-0.4, -0.2) is 35.4 Å². The van der Waals surface area contributed by atoms with Crippen molar-refractivity contribution in [1.82, 2.24) is 9.36 Å². The van der Waals surface area contributed by atoms with Gasteiger partial charge in [0.05, 0.1) is 6.42 Å². The van der Waals surface area contributed by atoms with E-state index in [1.54, 1.807) is 7.11 Å². The van der Waals surface area contributed by atoms with Crippen molar-refractivity contribution in [1.29, 1.82) is 0 Å². The standard InChI is InChI=1S/C9H15N3O2S/c1-7(13)6-8-11-9(15-12-8)10-4-3-5-14-2/h3-6H2,1-2H3,(H,10,11,12). The molecule has 0 aliphatic heterocycles. The zero-order chi connectivity index (χ0) is 11.1. The van der Waals surface area contributed by atoms with Gasteiger partial charge in [-0.2, -0.15) is 4.37 Å². The van der Waals surface area contributed by atoms with E-state index in [2.05, 4.69) is 14.7 Å². The number of carbonyl (C=O) groups excluding carboxylic acids is 1. The first-order chi connectivity index (χ1) is 7.22. The van der Waals surface area contributed by atoms with E-state index < -0.39 is 0 Å². The summed E-state index contributed by atoms with van der Waals surface area (Å²) in [6, 6.07) is 0. The number of hydrogen-bond acceptors (Lipinski definition) is 6. The average Bonchev–Trinajstić information content (AvgIpc) is 2.59. The Bertz CT molecular complexity index is 314. The van der Waals surface area contributed by atoms with Gasteiger partial charge in [-0.3, -0.25) is 4.79 Å². The first-order valence-electron chi connectivity index (χ1n) is 4.77. The van der Waals surface area contributed by atoms with E-state index in [-0.39, 0.29) is 5.78 Å². The van der Waals surface area contributed by atoms with Crippen LogP contribution in [0, 0.1) is 0 Å². The van der Waals surface area contributed by atoms with Gasteiger partial charge in [-0.25, -0.2) is 4.98 Å². The third-order valence-electron chi connectivity index (χ3n) is 1.68. The van der Waals surface area contributed by atoms with Gasteiger partial charge in [0.2, 0.25) is 5.13 Å². The van der Waals surface area contributed by atoms with Crippen molar-refractivity contribution < 1.29 is 9.53 Å². The number of nitrogens with zero attached hydrogens (tertiary/aromatic N) is 2. The number of anilines is 1. The number of carbonyl (C=O) groups is 1. The van der Waals surface area contributed by atoms with Gasteiger partial charge >= 0.3 is 0 Å². The topological polar surface area (TPSA) is 64.1 Å². The molecular formula is C9H15N3O2S. The smallest absolute Gasteiger partial charge is 0.202 e. The molecule has 0 spiro atoms. The maximum Gasteiger partial charge on any atom is 0.202 e. The maximum absolute atomic E-state index is 10.8. The molecule has 1 aromatic rings. The van der Waals surface area contributed by atoms with E-state index in [1.807, 2.05) is 0 Å². The Morgan fingerprint density at radius 1 is 1.60 bits per heavy atom. The summed E-state index contributed by atoms with van der Waals surface area (Å²) in [5.41, 5.74) is 0. The molecule has 0 aliphatic carbocycles. The van der Waals surface area contributed by atoms with Gasteiger partial charge in [0.25, 0.3) is 0 Å². The van der Waals surface area contributed by atoms with Crippen molar-refractivity contribution >= 4 is 22.4 Å². The number of nitrogens with one attached hydrogen (secondary N) is 1. The van der Waals surface area contributed by atoms with Crippen LogP contribution in [0.25, 0.3) is 0 Å². The second-order valence-electron chi connectivity index (χ2n) is 3.17. The molecule has 5 nitrogen and oxygen atoms in total. The van der Waals surface area contributed by atoms with Gasteiger partial charge in [0, 0.05) is 31.8 Å². The normalized spacial score (nSPS) is 10.3. The first-order valence-corrected chi connectivity index (χ1v) is 5.54. The molecule has 0 saturated carbocycles. The van der Waals surface area contributed by atoms with Crippen LogP contribution in [0.5, 0.6) is 0 Å². The number of Topliss-reactive ketones (excluding diaryl/α,β-unsaturated/α-hetero) is 1. The molecule has 0 radical (unpaired) electrons. The fourth-order valence-electron chi connectivity index (χ4n) is 1.03. The molecule has 0 bridgehead atoms. The monoisotopic (exact) mass is 229 g/mol. The minimum atomic E-state index is 0.0822. The van der Waals surface area contributed by atoms with Gasteiger partial charge in [-0.1, -0.05) is 0 Å². The van der Waals surface area contributed by atoms with Crippen LogP contribution in [0.4, 0.5) is 5.13 Å². The Morgan fingerprint density at radius 2 is 2.40 bits per heavy atom. The first kappa shape index (κ1) is 12.1. The molecule has 0 amide bonds. The van der Waals surface area contributed by atoms with Gasteiger partial charge in [0.15, 0.2) is 5.82 Å². The highest BCUT2D eigenvalue weighted by Crippen LogP contribution is 2.11. The third kappa shape index (κ3) is 4.85. The van der Waals surface area contributed by atoms with E-state index in [0.717, 1.165) is 24.7 Å². The highest BCUT2D eigenvalue weighted by molar-refractivity contribution is 7.09. The van der Waals surface area contributed by atoms with Crippen LogP contribution >= 0.6 is 11.5 Å². The number of methoxy groups -OCH3 is 1. The minimum Gasteiger partial charge on any atom is -0.385 e. The van der Waals surface area contributed by atoms with Crippen molar-refractivity contribution in [3.8, 4) is 0 Å². The summed E-state index contributed by atoms with van der Waals surface area (Å²) in [6.45, 7) is 3.07. The fraction of sp³-hybridized carbons (Fsp3) is 0.667. The zero-order valence-corrected chi connectivity index (χ0v) is 9.76. The van der Waals surface area contributed by atoms with Crippen molar-refractivity contribution in [3.63, 3.8) is 0 Å². The van der Waals surface area contributed by atoms with Crippen LogP contribution in [0.1, 0.15) is 19.2 Å². The lowest BCUT2D eigenvalue weighted by Gasteiger charge is -1.99. The summed E-state index contributed by atoms with van der Waals surface area (Å²) in [6.07, 6.45) is 1.24. The summed E-state index contributed by atoms with van der Waals surface area (Å²) in [5, 5.41) is 3.89. The quantitative estimate of drug-likeness (QED) is 0.710. The highest BCUT2D eigenvalue weighted by atomic mass is 32.1. The molecule has 0 aliphatic rings. The Kier molecular flexibility index (Phi) is 5.20. The summed E-state index contributed by atoms with van der Waals surface area (Å²) in [5.74, 6) is 0.681. The van der Waals surface area contributed by atoms with E-state index in [4.69, 9.17) is 4.74 Å². The Balaban J connectivity index is 2.29. The minimum absolute atomic E-state index is 0.0822. The van der Waals surface area contributed by atoms with Crippen LogP contribution in [0.2, 0.25) is 0 Å². The predicted octanol–water partition coefficient (Wildman–Crippen LogP) is 1.12. The molecule has 1 N–H and O–H groups in total. The van der Waals surface area contributed by atoms with Gasteiger partial charge in [-0.15, -0.1) is 0 Å². The second kappa shape index (κ2) is 6.47. The van der Waals surface area contributed by atoms with Crippen molar-refractivity contribution in [2.75, 3.05) is 25.6 Å². The molecule has 1 heterocycles. The summed E-state index contributed by atoms with van der Waals surface area (Å²) >= 11 is 1.28. The fourth-order valence-corrected chi connectivity index (χ4v) is 1.64. The van der Waals surface area contributed by atoms with Crippen LogP contribution in [0.3, 0.4) is 0 Å². The van der Waals surface area contributed by atoms with Crippen LogP contribution < -0.4 is 5.32 Å². The molecule has 0 saturated heterocycles. The number of rotatable bonds is 7. The van der Waals surface area contributed by atoms with Crippen molar-refractivity contribution in [2.45, 2.75) is 19.8 Å². The van der Waals surface area contributed by atoms with Crippen molar-refractivity contribution in [3.05, 3.63) is 5.82 Å². The molecule has 1 aromatic heterocycles. The lowest BCUT2D eigenvalue weighted by Crippen LogP contribution is -2.04. The SMILES string of the molecule is COCCCNc1nc(CC(C)=O)ns1. The molecule has 6 heteroatoms. The van der Waals surface area contributed by atoms with E-state index in [1.165, 1.54) is 18.5 Å². The maximum atomic E-state index is 10.8. The highest BCUT2D eigenvalue weighted by Gasteiger charge is 2.05. The van der Waals surface area contributed by atoms with Crippen LogP contribution in [-0.2, 0) is 16.0 Å². The van der Waals surface area contributed by atoms with E-state index >= 15 is 0 Å². The Hall–Kier alpha value is -1.01. The molecule has 0 atom stereocenters. The number of ether oxygens (including phenoxy) is 1. The van der Waals surface area contributed by atoms with Gasteiger partial charge < -0.3 is 10.1 Å². The molecule has 0 unspecified atom stereocenters. The molecule has 84 valence electrons. The average molecular weight is 229 g/mol. The number of hydrogen-bond donors (Lipinski definition) is 1. The molecule has 0 fully saturated rings. The lowest BCUT2D eigenvalue weighted by atomic mass is 10.3. The Labute approximate surface area is 93.0 Å². The third-order valence-corrected chi connectivity index (χ3v) is 2.39. The molecule has 15 heavy (non-hydrogen) atoms. The Morgan fingerprint density at radius 3 is 3.07 bits per heavy atom. The van der Waals surface area contributed by atoms with Gasteiger partial charge in [-0.05, 0) is 13.3 Å². The lowest BCUT2D eigenvalue weighted by molar-refractivity contribution is -0.116. The number of aromatic nitrogens is 2. The zero-order valence-electron chi connectivity index (χ0n) is 8.95. The summed E-state index contributed by atoms with van der Waals surface area (Å²) in [4.78, 5) is 15.0. The van der Waals surface area contributed by atoms with E-state index in [0.29, 0.717) is 12.2 Å². The molecule has 0 aromatic carbocycles. The second-order valence-corrected chi connectivity index (χ2v) is 3.92. The number of ketones is 1. The molecular weight excluding hydrogens is 214 g/mol. The van der Waals surface area contributed by atoms with E-state index in [9.17, 15) is 4.79 Å².